The van der Waals surface area contributed by atoms with Crippen LogP contribution in [0.2, 0.25) is 0 Å². The van der Waals surface area contributed by atoms with Crippen molar-refractivity contribution in [1.82, 2.24) is 20.2 Å². The van der Waals surface area contributed by atoms with Crippen LogP contribution in [0.3, 0.4) is 0 Å². The first-order valence-corrected chi connectivity index (χ1v) is 11.9. The molecule has 2 atom stereocenters. The van der Waals surface area contributed by atoms with E-state index < -0.39 is 5.60 Å². The van der Waals surface area contributed by atoms with Gasteiger partial charge in [0.1, 0.15) is 11.4 Å². The van der Waals surface area contributed by atoms with Crippen LogP contribution >= 0.6 is 0 Å². The van der Waals surface area contributed by atoms with Crippen molar-refractivity contribution in [2.24, 2.45) is 5.92 Å². The Morgan fingerprint density at radius 2 is 1.82 bits per heavy atom. The maximum Gasteiger partial charge on any atom is 0.310 e. The summed E-state index contributed by atoms with van der Waals surface area (Å²) in [6.07, 6.45) is 2.19. The van der Waals surface area contributed by atoms with Crippen molar-refractivity contribution in [3.8, 4) is 5.75 Å². The van der Waals surface area contributed by atoms with Crippen LogP contribution in [-0.4, -0.2) is 38.9 Å². The lowest BCUT2D eigenvalue weighted by Crippen LogP contribution is -2.33. The lowest BCUT2D eigenvalue weighted by atomic mass is 9.83. The van der Waals surface area contributed by atoms with Gasteiger partial charge in [0.2, 0.25) is 0 Å². The molecule has 7 heteroatoms. The monoisotopic (exact) mass is 464 g/mol. The largest absolute Gasteiger partial charge is 0.497 e. The number of ether oxygens (including phenoxy) is 2. The first kappa shape index (κ1) is 25.4. The van der Waals surface area contributed by atoms with Gasteiger partial charge in [-0.3, -0.25) is 4.79 Å². The van der Waals surface area contributed by atoms with Crippen LogP contribution in [0.25, 0.3) is 0 Å². The van der Waals surface area contributed by atoms with E-state index in [2.05, 4.69) is 42.4 Å². The van der Waals surface area contributed by atoms with Gasteiger partial charge in [0, 0.05) is 5.92 Å². The number of aromatic nitrogens is 4. The molecule has 1 heterocycles. The summed E-state index contributed by atoms with van der Waals surface area (Å²) in [6, 6.07) is 16.1. The number of carbonyl (C=O) groups excluding carboxylic acids is 1. The molecule has 0 saturated heterocycles. The van der Waals surface area contributed by atoms with Gasteiger partial charge in [-0.2, -0.15) is 4.80 Å². The predicted molar refractivity (Wildman–Crippen MR) is 132 cm³/mol. The molecule has 0 aliphatic rings. The third-order valence-electron chi connectivity index (χ3n) is 5.62. The third kappa shape index (κ3) is 7.14. The van der Waals surface area contributed by atoms with Crippen molar-refractivity contribution in [1.29, 1.82) is 0 Å². The van der Waals surface area contributed by atoms with Crippen molar-refractivity contribution in [2.75, 3.05) is 7.11 Å². The van der Waals surface area contributed by atoms with Crippen LogP contribution in [0.5, 0.6) is 5.75 Å². The summed E-state index contributed by atoms with van der Waals surface area (Å²) in [5.74, 6) is 0.566. The van der Waals surface area contributed by atoms with E-state index in [0.717, 1.165) is 23.3 Å². The quantitative estimate of drug-likeness (QED) is 0.387. The van der Waals surface area contributed by atoms with E-state index in [0.29, 0.717) is 25.2 Å². The Morgan fingerprint density at radius 3 is 2.44 bits per heavy atom. The fourth-order valence-electron chi connectivity index (χ4n) is 4.04. The molecule has 0 aliphatic heterocycles. The average molecular weight is 465 g/mol. The molecule has 3 rings (SSSR count). The minimum Gasteiger partial charge on any atom is -0.497 e. The summed E-state index contributed by atoms with van der Waals surface area (Å²) in [4.78, 5) is 14.8. The molecule has 182 valence electrons. The van der Waals surface area contributed by atoms with Gasteiger partial charge in [0.05, 0.1) is 19.6 Å². The number of hydrogen-bond donors (Lipinski definition) is 0. The Morgan fingerprint density at radius 1 is 1.09 bits per heavy atom. The maximum absolute atomic E-state index is 13.3. The molecule has 0 fully saturated rings. The van der Waals surface area contributed by atoms with Gasteiger partial charge < -0.3 is 9.47 Å². The molecular weight excluding hydrogens is 428 g/mol. The average Bonchev–Trinajstić information content (AvgIpc) is 3.23. The normalized spacial score (nSPS) is 13.4. The number of rotatable bonds is 10. The van der Waals surface area contributed by atoms with Gasteiger partial charge in [-0.05, 0) is 69.0 Å². The number of esters is 1. The summed E-state index contributed by atoms with van der Waals surface area (Å²) in [7, 11) is 1.64. The second kappa shape index (κ2) is 11.3. The van der Waals surface area contributed by atoms with Gasteiger partial charge in [0.25, 0.3) is 0 Å². The second-order valence-corrected chi connectivity index (χ2v) is 9.75. The number of hydrogen-bond acceptors (Lipinski definition) is 6. The summed E-state index contributed by atoms with van der Waals surface area (Å²) in [5, 5.41) is 13.4. The Labute approximate surface area is 202 Å². The molecular formula is C27H36N4O3. The first-order valence-electron chi connectivity index (χ1n) is 11.9. The highest BCUT2D eigenvalue weighted by atomic mass is 16.6. The zero-order valence-corrected chi connectivity index (χ0v) is 21.1. The number of nitrogens with zero attached hydrogens (tertiary/aromatic N) is 4. The highest BCUT2D eigenvalue weighted by Crippen LogP contribution is 2.32. The van der Waals surface area contributed by atoms with Gasteiger partial charge in [0.15, 0.2) is 5.82 Å². The minimum absolute atomic E-state index is 0.210. The Hall–Kier alpha value is -3.22. The standard InChI is InChI=1S/C27H36N4O3/c1-7-9-23(26(32)34-27(3,4)5)24(17-21-11-8-10-19(2)16-21)25-28-30-31(29-25)18-20-12-14-22(33-6)15-13-20/h8,10-16,23-24H,7,9,17-18H2,1-6H3/t23-,24-/m0/s1. The highest BCUT2D eigenvalue weighted by molar-refractivity contribution is 5.74. The molecule has 34 heavy (non-hydrogen) atoms. The first-order chi connectivity index (χ1) is 16.2. The fraction of sp³-hybridized carbons (Fsp3) is 0.481. The number of carbonyl (C=O) groups is 1. The predicted octanol–water partition coefficient (Wildman–Crippen LogP) is 5.12. The molecule has 2 aromatic carbocycles. The molecule has 0 radical (unpaired) electrons. The molecule has 0 saturated carbocycles. The lowest BCUT2D eigenvalue weighted by Gasteiger charge is -2.28. The van der Waals surface area contributed by atoms with Crippen LogP contribution in [-0.2, 0) is 22.5 Å². The Balaban J connectivity index is 1.91. The zero-order chi connectivity index (χ0) is 24.7. The van der Waals surface area contributed by atoms with Crippen molar-refractivity contribution < 1.29 is 14.3 Å². The number of benzene rings is 2. The maximum atomic E-state index is 13.3. The summed E-state index contributed by atoms with van der Waals surface area (Å²) < 4.78 is 11.0. The third-order valence-corrected chi connectivity index (χ3v) is 5.62. The minimum atomic E-state index is -0.559. The van der Waals surface area contributed by atoms with E-state index in [9.17, 15) is 4.79 Å². The molecule has 0 unspecified atom stereocenters. The van der Waals surface area contributed by atoms with Crippen LogP contribution in [0.15, 0.2) is 48.5 Å². The van der Waals surface area contributed by atoms with E-state index in [1.807, 2.05) is 51.1 Å². The lowest BCUT2D eigenvalue weighted by molar-refractivity contribution is -0.161. The fourth-order valence-corrected chi connectivity index (χ4v) is 4.04. The van der Waals surface area contributed by atoms with Crippen LogP contribution < -0.4 is 4.74 Å². The zero-order valence-electron chi connectivity index (χ0n) is 21.1. The van der Waals surface area contributed by atoms with E-state index in [-0.39, 0.29) is 17.8 Å². The van der Waals surface area contributed by atoms with Crippen LogP contribution in [0, 0.1) is 12.8 Å². The number of methoxy groups -OCH3 is 1. The van der Waals surface area contributed by atoms with Crippen molar-refractivity contribution in [3.63, 3.8) is 0 Å². The SMILES string of the molecule is CCC[C@H](C(=O)OC(C)(C)C)[C@H](Cc1cccc(C)c1)c1nnn(Cc2ccc(OC)cc2)n1. The molecule has 0 spiro atoms. The van der Waals surface area contributed by atoms with E-state index in [1.54, 1.807) is 11.9 Å². The van der Waals surface area contributed by atoms with Gasteiger partial charge >= 0.3 is 5.97 Å². The van der Waals surface area contributed by atoms with Crippen LogP contribution in [0.4, 0.5) is 0 Å². The van der Waals surface area contributed by atoms with E-state index >= 15 is 0 Å². The topological polar surface area (TPSA) is 79.1 Å². The Bertz CT molecular complexity index is 1070. The van der Waals surface area contributed by atoms with Gasteiger partial charge in [-0.1, -0.05) is 55.3 Å². The molecule has 7 nitrogen and oxygen atoms in total. The molecule has 1 aromatic heterocycles. The smallest absolute Gasteiger partial charge is 0.310 e. The van der Waals surface area contributed by atoms with Gasteiger partial charge in [-0.15, -0.1) is 10.2 Å². The Kier molecular flexibility index (Phi) is 8.42. The molecule has 0 N–H and O–H groups in total. The second-order valence-electron chi connectivity index (χ2n) is 9.75. The molecule has 0 aliphatic carbocycles. The number of aryl methyl sites for hydroxylation is 1. The van der Waals surface area contributed by atoms with E-state index in [1.165, 1.54) is 5.56 Å². The summed E-state index contributed by atoms with van der Waals surface area (Å²) in [5.41, 5.74) is 2.80. The molecule has 0 bridgehead atoms. The van der Waals surface area contributed by atoms with Crippen LogP contribution in [0.1, 0.15) is 69.0 Å². The van der Waals surface area contributed by atoms with Gasteiger partial charge in [-0.25, -0.2) is 0 Å². The summed E-state index contributed by atoms with van der Waals surface area (Å²) in [6.45, 7) is 10.3. The highest BCUT2D eigenvalue weighted by Gasteiger charge is 2.35. The number of tetrazole rings is 1. The molecule has 3 aromatic rings. The summed E-state index contributed by atoms with van der Waals surface area (Å²) >= 11 is 0. The van der Waals surface area contributed by atoms with Crippen molar-refractivity contribution >= 4 is 5.97 Å². The van der Waals surface area contributed by atoms with Crippen molar-refractivity contribution in [3.05, 3.63) is 71.0 Å². The molecule has 0 amide bonds. The van der Waals surface area contributed by atoms with E-state index in [4.69, 9.17) is 14.6 Å². The van der Waals surface area contributed by atoms with Crippen molar-refractivity contribution in [2.45, 2.75) is 71.9 Å².